The van der Waals surface area contributed by atoms with Gasteiger partial charge in [0.05, 0.1) is 21.2 Å². The van der Waals surface area contributed by atoms with Crippen molar-refractivity contribution in [2.45, 2.75) is 11.4 Å². The van der Waals surface area contributed by atoms with E-state index in [1.165, 1.54) is 24.3 Å². The normalized spacial score (nSPS) is 11.3. The molecular formula is C20H14Cl3FN2O3S. The van der Waals surface area contributed by atoms with Crippen molar-refractivity contribution in [1.29, 1.82) is 0 Å². The number of hydrogen-bond acceptors (Lipinski definition) is 3. The summed E-state index contributed by atoms with van der Waals surface area (Å²) in [5.74, 6) is -1.59. The van der Waals surface area contributed by atoms with Gasteiger partial charge in [-0.3, -0.25) is 4.79 Å². The van der Waals surface area contributed by atoms with Gasteiger partial charge >= 0.3 is 0 Å². The second-order valence-electron chi connectivity index (χ2n) is 6.14. The molecule has 156 valence electrons. The summed E-state index contributed by atoms with van der Waals surface area (Å²) in [6.45, 7) is -0.0584. The van der Waals surface area contributed by atoms with Crippen LogP contribution in [-0.4, -0.2) is 14.3 Å². The fourth-order valence-corrected chi connectivity index (χ4v) is 4.24. The molecule has 0 bridgehead atoms. The van der Waals surface area contributed by atoms with Crippen molar-refractivity contribution in [2.75, 3.05) is 5.32 Å². The molecule has 0 aliphatic carbocycles. The molecule has 10 heteroatoms. The molecule has 0 fully saturated rings. The van der Waals surface area contributed by atoms with Gasteiger partial charge < -0.3 is 5.32 Å². The van der Waals surface area contributed by atoms with E-state index in [4.69, 9.17) is 34.8 Å². The topological polar surface area (TPSA) is 75.3 Å². The first kappa shape index (κ1) is 22.5. The molecule has 0 unspecified atom stereocenters. The van der Waals surface area contributed by atoms with Gasteiger partial charge in [-0.15, -0.1) is 0 Å². The lowest BCUT2D eigenvalue weighted by Gasteiger charge is -2.11. The summed E-state index contributed by atoms with van der Waals surface area (Å²) in [6, 6.07) is 14.1. The highest BCUT2D eigenvalue weighted by atomic mass is 35.5. The predicted octanol–water partition coefficient (Wildman–Crippen LogP) is 5.52. The monoisotopic (exact) mass is 486 g/mol. The van der Waals surface area contributed by atoms with E-state index in [0.29, 0.717) is 15.6 Å². The van der Waals surface area contributed by atoms with Gasteiger partial charge in [0.15, 0.2) is 0 Å². The Labute approximate surface area is 187 Å². The zero-order chi connectivity index (χ0) is 21.9. The standard InChI is InChI=1S/C20H14Cl3FN2O3S/c21-13-5-7-15(17(23)9-13)20(27)26-19-8-6-14(10-18(19)24)30(28,29)25-11-12-3-1-2-4-16(12)22/h1-10,25H,11H2,(H,26,27). The lowest BCUT2D eigenvalue weighted by Crippen LogP contribution is -2.23. The lowest BCUT2D eigenvalue weighted by atomic mass is 10.2. The molecule has 0 radical (unpaired) electrons. The second-order valence-corrected chi connectivity index (χ2v) is 9.15. The Bertz CT molecular complexity index is 1220. The maximum atomic E-state index is 14.5. The van der Waals surface area contributed by atoms with E-state index < -0.39 is 21.7 Å². The molecule has 0 aliphatic heterocycles. The fourth-order valence-electron chi connectivity index (χ4n) is 2.53. The minimum absolute atomic E-state index is 0.0584. The third-order valence-corrected chi connectivity index (χ3v) is 6.40. The number of carbonyl (C=O) groups is 1. The number of hydrogen-bond donors (Lipinski definition) is 2. The van der Waals surface area contributed by atoms with E-state index in [1.807, 2.05) is 0 Å². The fraction of sp³-hybridized carbons (Fsp3) is 0.0500. The van der Waals surface area contributed by atoms with Gasteiger partial charge in [0.1, 0.15) is 5.82 Å². The van der Waals surface area contributed by atoms with Gasteiger partial charge in [-0.05, 0) is 48.0 Å². The van der Waals surface area contributed by atoms with E-state index in [-0.39, 0.29) is 27.7 Å². The summed E-state index contributed by atoms with van der Waals surface area (Å²) < 4.78 is 41.8. The highest BCUT2D eigenvalue weighted by Crippen LogP contribution is 2.24. The largest absolute Gasteiger partial charge is 0.319 e. The summed E-state index contributed by atoms with van der Waals surface area (Å²) in [5.41, 5.74) is 0.474. The predicted molar refractivity (Wildman–Crippen MR) is 116 cm³/mol. The van der Waals surface area contributed by atoms with Gasteiger partial charge in [-0.25, -0.2) is 17.5 Å². The van der Waals surface area contributed by atoms with E-state index in [1.54, 1.807) is 24.3 Å². The van der Waals surface area contributed by atoms with E-state index in [9.17, 15) is 17.6 Å². The van der Waals surface area contributed by atoms with Crippen molar-refractivity contribution in [2.24, 2.45) is 0 Å². The average molecular weight is 488 g/mol. The number of sulfonamides is 1. The summed E-state index contributed by atoms with van der Waals surface area (Å²) in [6.07, 6.45) is 0. The molecule has 3 aromatic rings. The van der Waals surface area contributed by atoms with Crippen LogP contribution in [-0.2, 0) is 16.6 Å². The molecule has 1 amide bonds. The number of halogens is 4. The number of anilines is 1. The first-order valence-corrected chi connectivity index (χ1v) is 11.1. The molecule has 0 atom stereocenters. The van der Waals surface area contributed by atoms with Gasteiger partial charge in [0, 0.05) is 16.6 Å². The van der Waals surface area contributed by atoms with Gasteiger partial charge in [0.25, 0.3) is 5.91 Å². The van der Waals surface area contributed by atoms with Crippen molar-refractivity contribution in [3.8, 4) is 0 Å². The van der Waals surface area contributed by atoms with Crippen molar-refractivity contribution < 1.29 is 17.6 Å². The molecule has 0 aromatic heterocycles. The quantitative estimate of drug-likeness (QED) is 0.481. The van der Waals surface area contributed by atoms with Crippen LogP contribution in [0.3, 0.4) is 0 Å². The minimum atomic E-state index is -4.00. The Morgan fingerprint density at radius 1 is 0.933 bits per heavy atom. The van der Waals surface area contributed by atoms with E-state index >= 15 is 0 Å². The molecule has 0 aliphatic rings. The SMILES string of the molecule is O=C(Nc1ccc(S(=O)(=O)NCc2ccccc2Cl)cc1F)c1ccc(Cl)cc1Cl. The van der Waals surface area contributed by atoms with E-state index in [2.05, 4.69) is 10.0 Å². The Hall–Kier alpha value is -2.16. The van der Waals surface area contributed by atoms with Crippen LogP contribution >= 0.6 is 34.8 Å². The molecule has 0 saturated carbocycles. The third-order valence-electron chi connectivity index (χ3n) is 4.09. The third kappa shape index (κ3) is 5.30. The van der Waals surface area contributed by atoms with Gasteiger partial charge in [-0.2, -0.15) is 0 Å². The molecule has 3 aromatic carbocycles. The van der Waals surface area contributed by atoms with Crippen LogP contribution in [0.4, 0.5) is 10.1 Å². The zero-order valence-electron chi connectivity index (χ0n) is 15.1. The number of amides is 1. The first-order valence-electron chi connectivity index (χ1n) is 8.46. The van der Waals surface area contributed by atoms with Crippen LogP contribution in [0.1, 0.15) is 15.9 Å². The van der Waals surface area contributed by atoms with Gasteiger partial charge in [0.2, 0.25) is 10.0 Å². The maximum Gasteiger partial charge on any atom is 0.257 e. The number of nitrogens with one attached hydrogen (secondary N) is 2. The van der Waals surface area contributed by atoms with Crippen LogP contribution < -0.4 is 10.0 Å². The molecule has 0 spiro atoms. The Morgan fingerprint density at radius 2 is 1.67 bits per heavy atom. The lowest BCUT2D eigenvalue weighted by molar-refractivity contribution is 0.102. The van der Waals surface area contributed by atoms with Crippen molar-refractivity contribution in [1.82, 2.24) is 4.72 Å². The number of benzene rings is 3. The smallest absolute Gasteiger partial charge is 0.257 e. The number of carbonyl (C=O) groups excluding carboxylic acids is 1. The Kier molecular flexibility index (Phi) is 7.00. The molecule has 0 saturated heterocycles. The Morgan fingerprint density at radius 3 is 2.33 bits per heavy atom. The molecule has 5 nitrogen and oxygen atoms in total. The first-order chi connectivity index (χ1) is 14.2. The molecule has 3 rings (SSSR count). The van der Waals surface area contributed by atoms with Crippen molar-refractivity contribution in [3.63, 3.8) is 0 Å². The summed E-state index contributed by atoms with van der Waals surface area (Å²) >= 11 is 17.8. The summed E-state index contributed by atoms with van der Waals surface area (Å²) in [7, 11) is -4.00. The second kappa shape index (κ2) is 9.32. The maximum absolute atomic E-state index is 14.5. The van der Waals surface area contributed by atoms with Crippen LogP contribution in [0.5, 0.6) is 0 Å². The van der Waals surface area contributed by atoms with Crippen molar-refractivity contribution in [3.05, 3.63) is 92.7 Å². The molecule has 0 heterocycles. The molecular weight excluding hydrogens is 474 g/mol. The summed E-state index contributed by atoms with van der Waals surface area (Å²) in [5, 5.41) is 3.21. The van der Waals surface area contributed by atoms with Gasteiger partial charge in [-0.1, -0.05) is 53.0 Å². The zero-order valence-corrected chi connectivity index (χ0v) is 18.2. The molecule has 2 N–H and O–H groups in total. The minimum Gasteiger partial charge on any atom is -0.319 e. The van der Waals surface area contributed by atoms with Crippen LogP contribution in [0, 0.1) is 5.82 Å². The van der Waals surface area contributed by atoms with Crippen LogP contribution in [0.2, 0.25) is 15.1 Å². The van der Waals surface area contributed by atoms with Crippen LogP contribution in [0.25, 0.3) is 0 Å². The Balaban J connectivity index is 1.75. The van der Waals surface area contributed by atoms with E-state index in [0.717, 1.165) is 12.1 Å². The summed E-state index contributed by atoms with van der Waals surface area (Å²) in [4.78, 5) is 12.0. The molecule has 30 heavy (non-hydrogen) atoms. The van der Waals surface area contributed by atoms with Crippen molar-refractivity contribution >= 4 is 56.4 Å². The van der Waals surface area contributed by atoms with Crippen LogP contribution in [0.15, 0.2) is 65.6 Å². The highest BCUT2D eigenvalue weighted by Gasteiger charge is 2.18. The number of rotatable bonds is 6. The highest BCUT2D eigenvalue weighted by molar-refractivity contribution is 7.89. The average Bonchev–Trinajstić information content (AvgIpc) is 2.68.